The molecule has 55 heavy (non-hydrogen) atoms. The Balaban J connectivity index is 0.000000287. The van der Waals surface area contributed by atoms with E-state index in [0.717, 1.165) is 30.8 Å². The summed E-state index contributed by atoms with van der Waals surface area (Å²) in [6.07, 6.45) is 2.32. The van der Waals surface area contributed by atoms with E-state index in [9.17, 15) is 24.0 Å². The number of amides is 3. The first-order valence-electron chi connectivity index (χ1n) is 18.9. The van der Waals surface area contributed by atoms with Crippen molar-refractivity contribution in [2.45, 2.75) is 79.8 Å². The molecule has 3 aliphatic heterocycles. The van der Waals surface area contributed by atoms with Gasteiger partial charge in [0.2, 0.25) is 29.6 Å². The first-order chi connectivity index (χ1) is 25.7. The van der Waals surface area contributed by atoms with Crippen molar-refractivity contribution >= 4 is 47.2 Å². The summed E-state index contributed by atoms with van der Waals surface area (Å²) in [7, 11) is 5.32. The summed E-state index contributed by atoms with van der Waals surface area (Å²) < 4.78 is 0. The highest BCUT2D eigenvalue weighted by atomic mass is 16.2. The predicted octanol–water partition coefficient (Wildman–Crippen LogP) is 2.97. The molecule has 4 rings (SSSR count). The number of benzene rings is 1. The summed E-state index contributed by atoms with van der Waals surface area (Å²) in [5, 5.41) is 29.2. The number of rotatable bonds is 16. The molecule has 0 aromatic heterocycles. The van der Waals surface area contributed by atoms with Gasteiger partial charge in [0.25, 0.3) is 0 Å². The van der Waals surface area contributed by atoms with Gasteiger partial charge in [-0.05, 0) is 32.3 Å². The highest BCUT2D eigenvalue weighted by molar-refractivity contribution is 6.03. The van der Waals surface area contributed by atoms with Crippen molar-refractivity contribution < 1.29 is 24.0 Å². The van der Waals surface area contributed by atoms with Crippen LogP contribution >= 0.6 is 0 Å². The molecule has 0 radical (unpaired) electrons. The van der Waals surface area contributed by atoms with Crippen LogP contribution in [0.2, 0.25) is 0 Å². The molecule has 0 saturated carbocycles. The van der Waals surface area contributed by atoms with Crippen molar-refractivity contribution in [2.75, 3.05) is 60.5 Å². The zero-order valence-electron chi connectivity index (χ0n) is 34.3. The van der Waals surface area contributed by atoms with E-state index in [0.29, 0.717) is 62.4 Å². The van der Waals surface area contributed by atoms with E-state index < -0.39 is 0 Å². The van der Waals surface area contributed by atoms with Crippen LogP contribution in [0.4, 0.5) is 0 Å². The van der Waals surface area contributed by atoms with Crippen LogP contribution in [0.5, 0.6) is 0 Å². The number of carbonyl (C=O) groups excluding carboxylic acids is 5. The van der Waals surface area contributed by atoms with Crippen LogP contribution in [0.3, 0.4) is 0 Å². The number of nitrogens with zero attached hydrogens (tertiary/aromatic N) is 6. The number of nitrogens with one attached hydrogen (secondary N) is 5. The summed E-state index contributed by atoms with van der Waals surface area (Å²) in [6, 6.07) is 7.58. The maximum absolute atomic E-state index is 11.8. The summed E-state index contributed by atoms with van der Waals surface area (Å²) in [6.45, 7) is 18.7. The quantitative estimate of drug-likeness (QED) is 0.123. The Kier molecular flexibility index (Phi) is 18.2. The standard InChI is InChI=1S/C15H19N3O2.C12H23N5O2.C12H21N3O/c1-10(2)14(20)12-6-4-11(5-7-12)8-18-13(19)9-17(3)15(18)16;1-9(2)14-8-15-10(18)5-4-6-17-11(19)7-16(3)12(17)13;1-9(2)11(16)6-5-7-15-10(3)8-14(4)12(15)13/h4-7,10,16H,8-9H2,1-3H3;9,13-14H,4-8H2,1-3H3,(H,15,18);9,13H,3,5-8H2,1-2,4H3. The topological polar surface area (TPSA) is 200 Å². The Morgan fingerprint density at radius 2 is 1.20 bits per heavy atom. The largest absolute Gasteiger partial charge is 0.344 e. The lowest BCUT2D eigenvalue weighted by Gasteiger charge is -2.19. The maximum Gasteiger partial charge on any atom is 0.249 e. The third-order valence-corrected chi connectivity index (χ3v) is 9.13. The molecular formula is C39H63N11O5. The maximum atomic E-state index is 11.8. The van der Waals surface area contributed by atoms with Crippen molar-refractivity contribution in [3.63, 3.8) is 0 Å². The molecular weight excluding hydrogens is 703 g/mol. The molecule has 1 aromatic carbocycles. The lowest BCUT2D eigenvalue weighted by atomic mass is 10.00. The van der Waals surface area contributed by atoms with Crippen molar-refractivity contribution in [3.05, 3.63) is 47.7 Å². The molecule has 3 heterocycles. The molecule has 1 aromatic rings. The number of carbonyl (C=O) groups is 5. The highest BCUT2D eigenvalue weighted by Crippen LogP contribution is 2.17. The van der Waals surface area contributed by atoms with E-state index in [1.54, 1.807) is 36.0 Å². The Labute approximate surface area is 326 Å². The predicted molar refractivity (Wildman–Crippen MR) is 214 cm³/mol. The van der Waals surface area contributed by atoms with E-state index in [1.165, 1.54) is 9.80 Å². The minimum absolute atomic E-state index is 0.0252. The van der Waals surface area contributed by atoms with Gasteiger partial charge in [0.15, 0.2) is 11.7 Å². The Bertz CT molecular complexity index is 1570. The molecule has 3 aliphatic rings. The molecule has 16 nitrogen and oxygen atoms in total. The van der Waals surface area contributed by atoms with Gasteiger partial charge < -0.3 is 24.9 Å². The van der Waals surface area contributed by atoms with Crippen molar-refractivity contribution in [2.24, 2.45) is 11.8 Å². The average molecular weight is 766 g/mol. The van der Waals surface area contributed by atoms with Gasteiger partial charge in [0.1, 0.15) is 5.78 Å². The van der Waals surface area contributed by atoms with Crippen molar-refractivity contribution in [1.29, 1.82) is 16.2 Å². The lowest BCUT2D eigenvalue weighted by Crippen LogP contribution is -2.38. The van der Waals surface area contributed by atoms with Crippen molar-refractivity contribution in [3.8, 4) is 0 Å². The van der Waals surface area contributed by atoms with Gasteiger partial charge in [-0.15, -0.1) is 0 Å². The van der Waals surface area contributed by atoms with Gasteiger partial charge in [-0.2, -0.15) is 0 Å². The van der Waals surface area contributed by atoms with Crippen LogP contribution < -0.4 is 10.6 Å². The molecule has 3 amide bonds. The number of Topliss-reactive ketones (excluding diaryl/α,β-unsaturated/α-hetero) is 2. The van der Waals surface area contributed by atoms with Crippen LogP contribution in [0.25, 0.3) is 0 Å². The lowest BCUT2D eigenvalue weighted by molar-refractivity contribution is -0.126. The Morgan fingerprint density at radius 3 is 1.65 bits per heavy atom. The summed E-state index contributed by atoms with van der Waals surface area (Å²) in [5.74, 6) is 1.23. The first kappa shape index (κ1) is 46.0. The average Bonchev–Trinajstić information content (AvgIpc) is 3.62. The van der Waals surface area contributed by atoms with Crippen LogP contribution in [0.1, 0.15) is 83.1 Å². The van der Waals surface area contributed by atoms with E-state index in [1.807, 2.05) is 70.5 Å². The molecule has 0 bridgehead atoms. The molecule has 3 saturated heterocycles. The van der Waals surface area contributed by atoms with E-state index in [-0.39, 0.29) is 60.3 Å². The number of hydrogen-bond acceptors (Lipinski definition) is 9. The fourth-order valence-electron chi connectivity index (χ4n) is 5.65. The summed E-state index contributed by atoms with van der Waals surface area (Å²) >= 11 is 0. The third kappa shape index (κ3) is 14.2. The van der Waals surface area contributed by atoms with Crippen LogP contribution in [-0.2, 0) is 25.7 Å². The van der Waals surface area contributed by atoms with Gasteiger partial charge >= 0.3 is 0 Å². The smallest absolute Gasteiger partial charge is 0.249 e. The molecule has 16 heteroatoms. The van der Waals surface area contributed by atoms with Crippen LogP contribution in [-0.4, -0.2) is 143 Å². The molecule has 5 N–H and O–H groups in total. The third-order valence-electron chi connectivity index (χ3n) is 9.13. The molecule has 0 aliphatic carbocycles. The second-order valence-corrected chi connectivity index (χ2v) is 15.0. The van der Waals surface area contributed by atoms with E-state index in [2.05, 4.69) is 17.2 Å². The van der Waals surface area contributed by atoms with Gasteiger partial charge in [0.05, 0.1) is 32.8 Å². The zero-order valence-corrected chi connectivity index (χ0v) is 34.3. The number of hydrogen-bond donors (Lipinski definition) is 5. The molecule has 0 atom stereocenters. The first-order valence-corrected chi connectivity index (χ1v) is 18.9. The number of guanidine groups is 3. The van der Waals surface area contributed by atoms with E-state index in [4.69, 9.17) is 16.2 Å². The second kappa shape index (κ2) is 21.7. The molecule has 304 valence electrons. The highest BCUT2D eigenvalue weighted by Gasteiger charge is 2.31. The van der Waals surface area contributed by atoms with E-state index >= 15 is 0 Å². The Morgan fingerprint density at radius 1 is 0.709 bits per heavy atom. The number of likely N-dealkylation sites (N-methyl/N-ethyl adjacent to an activating group) is 3. The normalized spacial score (nSPS) is 15.8. The monoisotopic (exact) mass is 766 g/mol. The minimum Gasteiger partial charge on any atom is -0.344 e. The fraction of sp³-hybridized carbons (Fsp3) is 0.590. The second-order valence-electron chi connectivity index (χ2n) is 15.0. The van der Waals surface area contributed by atoms with Gasteiger partial charge in [-0.3, -0.25) is 55.3 Å². The van der Waals surface area contributed by atoms with Crippen LogP contribution in [0.15, 0.2) is 36.5 Å². The Hall–Kier alpha value is -5.12. The van der Waals surface area contributed by atoms with Gasteiger partial charge in [-0.25, -0.2) is 0 Å². The van der Waals surface area contributed by atoms with Gasteiger partial charge in [-0.1, -0.05) is 58.5 Å². The minimum atomic E-state index is -0.0746. The van der Waals surface area contributed by atoms with Crippen molar-refractivity contribution in [1.82, 2.24) is 40.0 Å². The SMILES string of the molecule is C=C1CN(C)C(=N)N1CCCC(=O)C(C)C.CC(C)C(=O)c1ccc(CN2C(=N)N(C)CC2=O)cc1.CC(C)NCNC(=O)CCCN1C(=N)N(C)CC1=O. The molecule has 3 fully saturated rings. The summed E-state index contributed by atoms with van der Waals surface area (Å²) in [4.78, 5) is 67.9. The number of ketones is 2. The van der Waals surface area contributed by atoms with Gasteiger partial charge in [0, 0.05) is 76.2 Å². The molecule has 0 unspecified atom stereocenters. The zero-order chi connectivity index (χ0) is 41.6. The fourth-order valence-corrected chi connectivity index (χ4v) is 5.65. The molecule has 0 spiro atoms. The summed E-state index contributed by atoms with van der Waals surface area (Å²) in [5.41, 5.74) is 2.55. The van der Waals surface area contributed by atoms with Crippen LogP contribution in [0, 0.1) is 28.1 Å².